The first-order chi connectivity index (χ1) is 42.1. The standard InChI is InChI=1S/C75H99N9O6/c1-70(2,3)58-34-46-28-52-40-61(73(10,11)12)42-54(67(52)88-25-22-79-82-76)30-48-36-59(71(4,5)6)38-50(65(48)86-20)32-56-44-63(75(16,17)18)45-57(69(56)90-27-24-81-84-78)33-51-39-60(72(7,8)9)37-49(66(51)87-21)31-55-43-62(74(13,14)15)41-53(29-47(35-58)64(46)85-19)68(55)89-26-23-80-83-77/h34-45H,22-33H2,1-21H3. The van der Waals surface area contributed by atoms with E-state index in [0.717, 1.165) is 117 Å². The molecule has 0 atom stereocenters. The number of azide groups is 3. The SMILES string of the molecule is COc1c2cc(C(C)(C)C)cc1Cc1cc(C(C)(C)C)cc(c1OCCN=[N+]=[N-])Cc1cc(C(C)(C)C)cc(c1OC)Cc1cc(C(C)(C)C)cc(c1OCCN=[N+]=[N-])Cc1cc(C(C)(C)C)cc(c1OC)Cc1cc(C(C)(C)C)cc(c1OCCN=[N+]=[N-])C2. The summed E-state index contributed by atoms with van der Waals surface area (Å²) >= 11 is 0. The number of fused-ring (bicyclic) bond motifs is 12. The van der Waals surface area contributed by atoms with E-state index in [0.29, 0.717) is 55.8 Å². The van der Waals surface area contributed by atoms with Gasteiger partial charge in [0.2, 0.25) is 0 Å². The molecule has 0 saturated heterocycles. The van der Waals surface area contributed by atoms with Gasteiger partial charge in [-0.25, -0.2) is 0 Å². The molecule has 480 valence electrons. The van der Waals surface area contributed by atoms with Crippen LogP contribution < -0.4 is 28.4 Å². The molecule has 6 aromatic carbocycles. The Morgan fingerprint density at radius 1 is 0.278 bits per heavy atom. The highest BCUT2D eigenvalue weighted by molar-refractivity contribution is 5.61. The van der Waals surface area contributed by atoms with Crippen LogP contribution in [0, 0.1) is 0 Å². The molecule has 6 aromatic rings. The van der Waals surface area contributed by atoms with Gasteiger partial charge in [-0.2, -0.15) is 0 Å². The maximum Gasteiger partial charge on any atom is 0.126 e. The van der Waals surface area contributed by atoms with Crippen LogP contribution in [0.4, 0.5) is 0 Å². The van der Waals surface area contributed by atoms with Crippen molar-refractivity contribution in [3.63, 3.8) is 0 Å². The molecule has 12 bridgehead atoms. The Hall–Kier alpha value is -7.95. The third kappa shape index (κ3) is 16.9. The fourth-order valence-corrected chi connectivity index (χ4v) is 12.0. The predicted molar refractivity (Wildman–Crippen MR) is 366 cm³/mol. The molecule has 15 nitrogen and oxygen atoms in total. The Balaban J connectivity index is 1.71. The topological polar surface area (TPSA) is 202 Å². The van der Waals surface area contributed by atoms with Gasteiger partial charge in [-0.05, 0) is 149 Å². The lowest BCUT2D eigenvalue weighted by atomic mass is 9.79. The van der Waals surface area contributed by atoms with E-state index in [1.807, 2.05) is 0 Å². The Bertz CT molecular complexity index is 3210. The number of methoxy groups -OCH3 is 3. The van der Waals surface area contributed by atoms with Gasteiger partial charge >= 0.3 is 0 Å². The van der Waals surface area contributed by atoms with Crippen molar-refractivity contribution >= 4 is 0 Å². The van der Waals surface area contributed by atoms with E-state index in [1.165, 1.54) is 0 Å². The first-order valence-corrected chi connectivity index (χ1v) is 31.6. The van der Waals surface area contributed by atoms with E-state index in [1.54, 1.807) is 21.3 Å². The quantitative estimate of drug-likeness (QED) is 0.0423. The normalized spacial score (nSPS) is 13.2. The molecule has 0 aliphatic heterocycles. The first-order valence-electron chi connectivity index (χ1n) is 31.6. The number of nitrogens with zero attached hydrogens (tertiary/aromatic N) is 9. The zero-order chi connectivity index (χ0) is 66.3. The average Bonchev–Trinajstić information content (AvgIpc) is 0.789. The lowest BCUT2D eigenvalue weighted by Gasteiger charge is -2.29. The van der Waals surface area contributed by atoms with Crippen LogP contribution in [0.2, 0.25) is 0 Å². The molecule has 0 N–H and O–H groups in total. The highest BCUT2D eigenvalue weighted by Crippen LogP contribution is 2.46. The molecule has 0 aromatic heterocycles. The zero-order valence-corrected chi connectivity index (χ0v) is 57.9. The molecule has 1 aliphatic carbocycles. The second-order valence-electron chi connectivity index (χ2n) is 30.3. The van der Waals surface area contributed by atoms with E-state index >= 15 is 0 Å². The third-order valence-corrected chi connectivity index (χ3v) is 17.1. The molecule has 0 unspecified atom stereocenters. The minimum Gasteiger partial charge on any atom is -0.496 e. The Labute approximate surface area is 536 Å². The maximum absolute atomic E-state index is 9.50. The van der Waals surface area contributed by atoms with Crippen LogP contribution in [-0.4, -0.2) is 60.8 Å². The minimum absolute atomic E-state index is 0.136. The molecule has 1 aliphatic rings. The lowest BCUT2D eigenvalue weighted by molar-refractivity contribution is 0.321. The molecule has 0 saturated carbocycles. The van der Waals surface area contributed by atoms with E-state index in [2.05, 4.69) is 228 Å². The summed E-state index contributed by atoms with van der Waals surface area (Å²) < 4.78 is 41.0. The van der Waals surface area contributed by atoms with E-state index in [9.17, 15) is 16.6 Å². The van der Waals surface area contributed by atoms with Crippen molar-refractivity contribution in [3.8, 4) is 34.5 Å². The van der Waals surface area contributed by atoms with E-state index in [-0.39, 0.29) is 71.9 Å². The van der Waals surface area contributed by atoms with Crippen LogP contribution in [-0.2, 0) is 71.0 Å². The zero-order valence-electron chi connectivity index (χ0n) is 57.9. The summed E-state index contributed by atoms with van der Waals surface area (Å²) in [6, 6.07) is 27.4. The van der Waals surface area contributed by atoms with Crippen molar-refractivity contribution in [1.29, 1.82) is 0 Å². The van der Waals surface area contributed by atoms with Gasteiger partial charge in [0.1, 0.15) is 34.5 Å². The smallest absolute Gasteiger partial charge is 0.126 e. The van der Waals surface area contributed by atoms with Crippen LogP contribution in [0.15, 0.2) is 88.1 Å². The van der Waals surface area contributed by atoms with Crippen molar-refractivity contribution in [1.82, 2.24) is 0 Å². The monoisotopic (exact) mass is 1220 g/mol. The summed E-state index contributed by atoms with van der Waals surface area (Å²) in [4.78, 5) is 9.29. The molecular formula is C75H99N9O6. The van der Waals surface area contributed by atoms with E-state index < -0.39 is 0 Å². The molecule has 0 amide bonds. The number of benzene rings is 6. The number of hydrogen-bond acceptors (Lipinski definition) is 9. The molecular weight excluding hydrogens is 1120 g/mol. The van der Waals surface area contributed by atoms with Gasteiger partial charge in [-0.15, -0.1) is 0 Å². The lowest BCUT2D eigenvalue weighted by Crippen LogP contribution is -2.17. The average molecular weight is 1220 g/mol. The Morgan fingerprint density at radius 2 is 0.422 bits per heavy atom. The van der Waals surface area contributed by atoms with Gasteiger partial charge in [0.15, 0.2) is 0 Å². The summed E-state index contributed by atoms with van der Waals surface area (Å²) in [6.45, 7) is 41.2. The number of hydrogen-bond donors (Lipinski definition) is 0. The highest BCUT2D eigenvalue weighted by Gasteiger charge is 2.31. The van der Waals surface area contributed by atoms with Gasteiger partial charge in [-0.3, -0.25) is 0 Å². The van der Waals surface area contributed by atoms with Crippen molar-refractivity contribution in [2.45, 2.75) is 196 Å². The minimum atomic E-state index is -0.283. The number of rotatable bonds is 15. The first kappa shape index (κ1) is 69.5. The largest absolute Gasteiger partial charge is 0.496 e. The Morgan fingerprint density at radius 3 is 0.544 bits per heavy atom. The predicted octanol–water partition coefficient (Wildman–Crippen LogP) is 19.4. The summed E-state index contributed by atoms with van der Waals surface area (Å²) in [5.74, 6) is 4.42. The summed E-state index contributed by atoms with van der Waals surface area (Å²) in [6.07, 6.45) is 2.68. The fraction of sp³-hybridized carbons (Fsp3) is 0.520. The van der Waals surface area contributed by atoms with E-state index in [4.69, 9.17) is 28.4 Å². The molecule has 15 heteroatoms. The van der Waals surface area contributed by atoms with Crippen molar-refractivity contribution in [3.05, 3.63) is 204 Å². The summed E-state index contributed by atoms with van der Waals surface area (Å²) in [7, 11) is 5.27. The van der Waals surface area contributed by atoms with Crippen molar-refractivity contribution < 1.29 is 28.4 Å². The van der Waals surface area contributed by atoms with Gasteiger partial charge in [0.05, 0.1) is 60.8 Å². The van der Waals surface area contributed by atoms with Crippen LogP contribution in [0.5, 0.6) is 34.5 Å². The maximum atomic E-state index is 9.50. The van der Waals surface area contributed by atoms with Gasteiger partial charge in [0, 0.05) is 53.3 Å². The van der Waals surface area contributed by atoms with Crippen LogP contribution in [0.3, 0.4) is 0 Å². The van der Waals surface area contributed by atoms with Gasteiger partial charge in [-0.1, -0.05) is 213 Å². The molecule has 7 rings (SSSR count). The highest BCUT2D eigenvalue weighted by atomic mass is 16.5. The molecule has 0 fully saturated rings. The van der Waals surface area contributed by atoms with Crippen LogP contribution >= 0.6 is 0 Å². The van der Waals surface area contributed by atoms with Crippen molar-refractivity contribution in [2.24, 2.45) is 15.3 Å². The van der Waals surface area contributed by atoms with Crippen LogP contribution in [0.1, 0.15) is 225 Å². The number of ether oxygens (including phenoxy) is 6. The third-order valence-electron chi connectivity index (χ3n) is 17.1. The molecule has 0 radical (unpaired) electrons. The van der Waals surface area contributed by atoms with Gasteiger partial charge < -0.3 is 28.4 Å². The van der Waals surface area contributed by atoms with Crippen LogP contribution in [0.25, 0.3) is 31.3 Å². The Kier molecular flexibility index (Phi) is 21.7. The fourth-order valence-electron chi connectivity index (χ4n) is 12.0. The second-order valence-corrected chi connectivity index (χ2v) is 30.3. The molecule has 0 spiro atoms. The second kappa shape index (κ2) is 28.1. The van der Waals surface area contributed by atoms with Gasteiger partial charge in [0.25, 0.3) is 0 Å². The molecule has 0 heterocycles. The summed E-state index contributed by atoms with van der Waals surface area (Å²) in [5.41, 5.74) is 45.4. The molecule has 90 heavy (non-hydrogen) atoms. The summed E-state index contributed by atoms with van der Waals surface area (Å²) in [5, 5.41) is 11.8. The van der Waals surface area contributed by atoms with Crippen molar-refractivity contribution in [2.75, 3.05) is 60.8 Å².